The molecular weight excluding hydrogens is 357 g/mol. The van der Waals surface area contributed by atoms with Gasteiger partial charge in [0.25, 0.3) is 0 Å². The quantitative estimate of drug-likeness (QED) is 0.500. The van der Waals surface area contributed by atoms with Crippen molar-refractivity contribution in [2.24, 2.45) is 0 Å². The summed E-state index contributed by atoms with van der Waals surface area (Å²) in [5.74, 6) is -1.73. The first-order valence-corrected chi connectivity index (χ1v) is 7.63. The lowest BCUT2D eigenvalue weighted by Gasteiger charge is -2.12. The number of hydrogen-bond acceptors (Lipinski definition) is 3. The number of aromatic nitrogens is 2. The molecule has 0 unspecified atom stereocenters. The van der Waals surface area contributed by atoms with Gasteiger partial charge in [0, 0.05) is 5.02 Å². The molecule has 0 amide bonds. The van der Waals surface area contributed by atoms with Crippen molar-refractivity contribution >= 4 is 28.6 Å². The van der Waals surface area contributed by atoms with Crippen molar-refractivity contribution in [3.63, 3.8) is 0 Å². The summed E-state index contributed by atoms with van der Waals surface area (Å²) in [5.41, 5.74) is 0.970. The molecule has 2 aromatic carbocycles. The monoisotopic (exact) mass is 368 g/mol. The molecule has 0 bridgehead atoms. The minimum absolute atomic E-state index is 0.158. The molecule has 3 rings (SSSR count). The van der Waals surface area contributed by atoms with Crippen LogP contribution in [0.1, 0.15) is 11.4 Å². The van der Waals surface area contributed by atoms with Gasteiger partial charge in [-0.1, -0.05) is 23.7 Å². The zero-order valence-electron chi connectivity index (χ0n) is 13.0. The van der Waals surface area contributed by atoms with Crippen molar-refractivity contribution in [2.75, 3.05) is 0 Å². The fourth-order valence-electron chi connectivity index (χ4n) is 2.46. The summed E-state index contributed by atoms with van der Waals surface area (Å²) >= 11 is 5.83. The third-order valence-corrected chi connectivity index (χ3v) is 3.79. The third kappa shape index (κ3) is 3.61. The number of fused-ring (bicyclic) bond motifs is 1. The molecule has 1 aromatic heterocycles. The average Bonchev–Trinajstić information content (AvgIpc) is 2.89. The number of ether oxygens (including phenoxy) is 1. The maximum atomic E-state index is 13.2. The highest BCUT2D eigenvalue weighted by Gasteiger charge is 2.38. The second-order valence-corrected chi connectivity index (χ2v) is 5.83. The highest BCUT2D eigenvalue weighted by atomic mass is 35.5. The van der Waals surface area contributed by atoms with Crippen LogP contribution in [0, 0.1) is 6.92 Å². The van der Waals surface area contributed by atoms with E-state index in [1.807, 2.05) is 0 Å². The largest absolute Gasteiger partial charge is 0.449 e. The zero-order chi connectivity index (χ0) is 18.2. The second kappa shape index (κ2) is 6.40. The summed E-state index contributed by atoms with van der Waals surface area (Å²) in [5, 5.41) is 0.470. The van der Waals surface area contributed by atoms with Crippen molar-refractivity contribution in [1.82, 2.24) is 9.55 Å². The van der Waals surface area contributed by atoms with Gasteiger partial charge in [-0.2, -0.15) is 13.2 Å². The van der Waals surface area contributed by atoms with E-state index < -0.39 is 24.5 Å². The summed E-state index contributed by atoms with van der Waals surface area (Å²) in [6.45, 7) is 1.07. The number of esters is 1. The highest BCUT2D eigenvalue weighted by Crippen LogP contribution is 2.31. The van der Waals surface area contributed by atoms with E-state index in [-0.39, 0.29) is 16.8 Å². The molecule has 25 heavy (non-hydrogen) atoms. The van der Waals surface area contributed by atoms with Gasteiger partial charge in [0.1, 0.15) is 12.3 Å². The summed E-state index contributed by atoms with van der Waals surface area (Å²) < 4.78 is 45.7. The molecule has 0 spiro atoms. The number of carbonyl (C=O) groups excluding carboxylic acids is 1. The molecule has 4 nitrogen and oxygen atoms in total. The van der Waals surface area contributed by atoms with Gasteiger partial charge in [0.05, 0.1) is 11.0 Å². The molecule has 0 aliphatic rings. The fourth-order valence-corrected chi connectivity index (χ4v) is 2.69. The molecule has 3 aromatic rings. The number of alkyl halides is 3. The van der Waals surface area contributed by atoms with Gasteiger partial charge < -0.3 is 9.30 Å². The van der Waals surface area contributed by atoms with Crippen LogP contribution in [0.3, 0.4) is 0 Å². The van der Waals surface area contributed by atoms with E-state index in [4.69, 9.17) is 16.3 Å². The van der Waals surface area contributed by atoms with E-state index in [1.165, 1.54) is 24.3 Å². The number of benzene rings is 2. The Bertz CT molecular complexity index is 951. The van der Waals surface area contributed by atoms with E-state index in [9.17, 15) is 18.0 Å². The summed E-state index contributed by atoms with van der Waals surface area (Å²) in [4.78, 5) is 15.8. The molecule has 130 valence electrons. The minimum Gasteiger partial charge on any atom is -0.425 e. The van der Waals surface area contributed by atoms with Crippen LogP contribution in [0.5, 0.6) is 5.75 Å². The number of rotatable bonds is 3. The first kappa shape index (κ1) is 17.3. The van der Waals surface area contributed by atoms with E-state index in [0.29, 0.717) is 10.6 Å². The standard InChI is InChI=1S/C17H12ClF3N2O2/c1-10-8-11(18)6-7-14(10)25-15(24)9-23-13-5-3-2-4-12(13)22-16(23)17(19,20)21/h2-8H,9H2,1H3. The van der Waals surface area contributed by atoms with Gasteiger partial charge in [0.15, 0.2) is 0 Å². The Kier molecular flexibility index (Phi) is 4.43. The Morgan fingerprint density at radius 1 is 1.24 bits per heavy atom. The number of carbonyl (C=O) groups is 1. The van der Waals surface area contributed by atoms with Gasteiger partial charge in [-0.15, -0.1) is 0 Å². The van der Waals surface area contributed by atoms with Crippen molar-refractivity contribution in [2.45, 2.75) is 19.6 Å². The Morgan fingerprint density at radius 2 is 1.96 bits per heavy atom. The smallest absolute Gasteiger partial charge is 0.425 e. The van der Waals surface area contributed by atoms with Crippen molar-refractivity contribution in [3.05, 3.63) is 58.9 Å². The topological polar surface area (TPSA) is 44.1 Å². The molecule has 0 N–H and O–H groups in total. The molecule has 1 heterocycles. The molecule has 0 atom stereocenters. The summed E-state index contributed by atoms with van der Waals surface area (Å²) in [7, 11) is 0. The summed E-state index contributed by atoms with van der Waals surface area (Å²) in [6, 6.07) is 10.7. The molecule has 0 fully saturated rings. The number of halogens is 4. The van der Waals surface area contributed by atoms with Crippen LogP contribution in [0.2, 0.25) is 5.02 Å². The lowest BCUT2D eigenvalue weighted by Crippen LogP contribution is -2.22. The van der Waals surface area contributed by atoms with E-state index in [2.05, 4.69) is 4.98 Å². The maximum absolute atomic E-state index is 13.2. The first-order valence-electron chi connectivity index (χ1n) is 7.25. The Hall–Kier alpha value is -2.54. The van der Waals surface area contributed by atoms with Crippen LogP contribution in [0.4, 0.5) is 13.2 Å². The molecule has 8 heteroatoms. The molecule has 0 radical (unpaired) electrons. The SMILES string of the molecule is Cc1cc(Cl)ccc1OC(=O)Cn1c(C(F)(F)F)nc2ccccc21. The molecular formula is C17H12ClF3N2O2. The Balaban J connectivity index is 1.93. The van der Waals surface area contributed by atoms with Gasteiger partial charge in [0.2, 0.25) is 5.82 Å². The fraction of sp³-hybridized carbons (Fsp3) is 0.176. The van der Waals surface area contributed by atoms with Gasteiger partial charge in [-0.05, 0) is 42.8 Å². The Labute approximate surface area is 145 Å². The lowest BCUT2D eigenvalue weighted by molar-refractivity contribution is -0.148. The number of nitrogens with zero attached hydrogens (tertiary/aromatic N) is 2. The number of hydrogen-bond donors (Lipinski definition) is 0. The molecule has 0 saturated carbocycles. The van der Waals surface area contributed by atoms with E-state index >= 15 is 0 Å². The van der Waals surface area contributed by atoms with Gasteiger partial charge in [-0.3, -0.25) is 0 Å². The molecule has 0 saturated heterocycles. The van der Waals surface area contributed by atoms with Crippen LogP contribution < -0.4 is 4.74 Å². The third-order valence-electron chi connectivity index (χ3n) is 3.56. The second-order valence-electron chi connectivity index (χ2n) is 5.39. The number of para-hydroxylation sites is 2. The lowest BCUT2D eigenvalue weighted by atomic mass is 10.2. The van der Waals surface area contributed by atoms with Crippen molar-refractivity contribution < 1.29 is 22.7 Å². The van der Waals surface area contributed by atoms with E-state index in [0.717, 1.165) is 4.57 Å². The van der Waals surface area contributed by atoms with Crippen LogP contribution in [0.25, 0.3) is 11.0 Å². The predicted octanol–water partition coefficient (Wildman–Crippen LogP) is 4.62. The van der Waals surface area contributed by atoms with Gasteiger partial charge >= 0.3 is 12.1 Å². The number of imidazole rings is 1. The molecule has 0 aliphatic heterocycles. The normalized spacial score (nSPS) is 11.7. The highest BCUT2D eigenvalue weighted by molar-refractivity contribution is 6.30. The maximum Gasteiger partial charge on any atom is 0.449 e. The van der Waals surface area contributed by atoms with Crippen LogP contribution in [0.15, 0.2) is 42.5 Å². The van der Waals surface area contributed by atoms with Crippen LogP contribution >= 0.6 is 11.6 Å². The van der Waals surface area contributed by atoms with Crippen molar-refractivity contribution in [3.8, 4) is 5.75 Å². The minimum atomic E-state index is -4.69. The zero-order valence-corrected chi connectivity index (χ0v) is 13.7. The first-order chi connectivity index (χ1) is 11.8. The van der Waals surface area contributed by atoms with Crippen LogP contribution in [-0.2, 0) is 17.5 Å². The van der Waals surface area contributed by atoms with Crippen LogP contribution in [-0.4, -0.2) is 15.5 Å². The molecule has 0 aliphatic carbocycles. The number of aryl methyl sites for hydroxylation is 1. The average molecular weight is 369 g/mol. The predicted molar refractivity (Wildman–Crippen MR) is 86.6 cm³/mol. The van der Waals surface area contributed by atoms with Gasteiger partial charge in [-0.25, -0.2) is 9.78 Å². The van der Waals surface area contributed by atoms with Crippen molar-refractivity contribution in [1.29, 1.82) is 0 Å². The Morgan fingerprint density at radius 3 is 2.64 bits per heavy atom. The van der Waals surface area contributed by atoms with E-state index in [1.54, 1.807) is 25.1 Å². The summed E-state index contributed by atoms with van der Waals surface area (Å²) in [6.07, 6.45) is -4.69.